The van der Waals surface area contributed by atoms with Crippen LogP contribution in [0.15, 0.2) is 95.5 Å². The number of nitrogens with zero attached hydrogens (tertiary/aromatic N) is 3. The Hall–Kier alpha value is -4.85. The Morgan fingerprint density at radius 3 is 2.34 bits per heavy atom. The molecular weight excluding hydrogens is 518 g/mol. The Kier molecular flexibility index (Phi) is 9.11. The van der Waals surface area contributed by atoms with Gasteiger partial charge in [0.05, 0.1) is 13.2 Å². The van der Waals surface area contributed by atoms with Gasteiger partial charge >= 0.3 is 5.97 Å². The van der Waals surface area contributed by atoms with Crippen LogP contribution in [0.5, 0.6) is 11.6 Å². The molecule has 0 N–H and O–H groups in total. The van der Waals surface area contributed by atoms with Crippen LogP contribution >= 0.6 is 0 Å². The lowest BCUT2D eigenvalue weighted by Crippen LogP contribution is -2.05. The summed E-state index contributed by atoms with van der Waals surface area (Å²) >= 11 is 0. The Bertz CT molecular complexity index is 1540. The van der Waals surface area contributed by atoms with Crippen LogP contribution in [0, 0.1) is 6.92 Å². The van der Waals surface area contributed by atoms with Crippen molar-refractivity contribution in [1.82, 2.24) is 14.8 Å². The first-order valence-electron chi connectivity index (χ1n) is 13.7. The maximum atomic E-state index is 12.0. The van der Waals surface area contributed by atoms with Crippen LogP contribution in [0.25, 0.3) is 11.5 Å². The molecule has 0 fully saturated rings. The van der Waals surface area contributed by atoms with Gasteiger partial charge in [0.15, 0.2) is 0 Å². The number of ether oxygens (including phenoxy) is 3. The quantitative estimate of drug-likeness (QED) is 0.153. The molecule has 0 aliphatic rings. The number of carbonyl (C=O) groups is 1. The highest BCUT2D eigenvalue weighted by Gasteiger charge is 2.15. The zero-order chi connectivity index (χ0) is 28.4. The Morgan fingerprint density at radius 1 is 0.878 bits per heavy atom. The number of rotatable bonds is 13. The van der Waals surface area contributed by atoms with E-state index >= 15 is 0 Å². The molecule has 2 aromatic heterocycles. The number of hydrogen-bond donors (Lipinski definition) is 0. The van der Waals surface area contributed by atoms with Gasteiger partial charge in [0.25, 0.3) is 0 Å². The number of esters is 1. The van der Waals surface area contributed by atoms with E-state index in [-0.39, 0.29) is 12.4 Å². The minimum Gasteiger partial charge on any atom is -0.487 e. The number of oxazole rings is 1. The first kappa shape index (κ1) is 27.7. The Morgan fingerprint density at radius 2 is 1.61 bits per heavy atom. The largest absolute Gasteiger partial charge is 0.487 e. The molecule has 3 aromatic carbocycles. The van der Waals surface area contributed by atoms with Crippen molar-refractivity contribution in [2.45, 2.75) is 46.4 Å². The topological polar surface area (TPSA) is 88.6 Å². The molecule has 41 heavy (non-hydrogen) atoms. The highest BCUT2D eigenvalue weighted by Crippen LogP contribution is 2.24. The first-order valence-corrected chi connectivity index (χ1v) is 13.7. The Labute approximate surface area is 239 Å². The molecule has 0 aliphatic carbocycles. The zero-order valence-corrected chi connectivity index (χ0v) is 23.3. The normalized spacial score (nSPS) is 10.9. The summed E-state index contributed by atoms with van der Waals surface area (Å²) in [5, 5.41) is 4.67. The van der Waals surface area contributed by atoms with E-state index in [1.54, 1.807) is 6.92 Å². The first-order chi connectivity index (χ1) is 20.1. The molecule has 8 heteroatoms. The van der Waals surface area contributed by atoms with E-state index in [2.05, 4.69) is 10.1 Å². The van der Waals surface area contributed by atoms with E-state index in [9.17, 15) is 4.79 Å². The summed E-state index contributed by atoms with van der Waals surface area (Å²) in [4.78, 5) is 16.6. The average molecular weight is 552 g/mol. The predicted octanol–water partition coefficient (Wildman–Crippen LogP) is 6.55. The third-order valence-corrected chi connectivity index (χ3v) is 6.48. The molecule has 0 saturated heterocycles. The molecular formula is C33H33N3O5. The fourth-order valence-electron chi connectivity index (χ4n) is 4.31. The number of aromatic nitrogens is 3. The van der Waals surface area contributed by atoms with E-state index in [0.717, 1.165) is 39.5 Å². The van der Waals surface area contributed by atoms with Gasteiger partial charge in [-0.15, -0.1) is 5.10 Å². The second-order valence-electron chi connectivity index (χ2n) is 9.56. The molecule has 5 rings (SSSR count). The third-order valence-electron chi connectivity index (χ3n) is 6.48. The van der Waals surface area contributed by atoms with E-state index in [1.807, 2.05) is 103 Å². The van der Waals surface area contributed by atoms with Gasteiger partial charge in [-0.05, 0) is 55.7 Å². The van der Waals surface area contributed by atoms with Gasteiger partial charge in [0, 0.05) is 23.7 Å². The fraction of sp³-hybridized carbons (Fsp3) is 0.242. The monoisotopic (exact) mass is 551 g/mol. The van der Waals surface area contributed by atoms with Gasteiger partial charge in [-0.25, -0.2) is 4.98 Å². The van der Waals surface area contributed by atoms with E-state index in [1.165, 1.54) is 0 Å². The molecule has 2 heterocycles. The van der Waals surface area contributed by atoms with Gasteiger partial charge in [0.2, 0.25) is 11.8 Å². The van der Waals surface area contributed by atoms with Crippen LogP contribution in [-0.4, -0.2) is 27.3 Å². The van der Waals surface area contributed by atoms with Crippen LogP contribution < -0.4 is 9.47 Å². The molecule has 0 unspecified atom stereocenters. The van der Waals surface area contributed by atoms with Gasteiger partial charge in [-0.3, -0.25) is 9.48 Å². The van der Waals surface area contributed by atoms with Crippen LogP contribution in [0.1, 0.15) is 41.5 Å². The van der Waals surface area contributed by atoms with Crippen molar-refractivity contribution in [2.24, 2.45) is 0 Å². The summed E-state index contributed by atoms with van der Waals surface area (Å²) in [6.07, 6.45) is 2.69. The minimum absolute atomic E-state index is 0.234. The molecule has 5 aromatic rings. The highest BCUT2D eigenvalue weighted by atomic mass is 16.5. The Balaban J connectivity index is 1.21. The second kappa shape index (κ2) is 13.5. The lowest BCUT2D eigenvalue weighted by molar-refractivity contribution is -0.143. The molecule has 0 amide bonds. The van der Waals surface area contributed by atoms with Gasteiger partial charge < -0.3 is 18.6 Å². The number of benzene rings is 3. The van der Waals surface area contributed by atoms with Crippen molar-refractivity contribution in [3.8, 4) is 23.1 Å². The molecule has 0 bridgehead atoms. The summed E-state index contributed by atoms with van der Waals surface area (Å²) in [6.45, 7) is 5.31. The van der Waals surface area contributed by atoms with Gasteiger partial charge in [-0.1, -0.05) is 60.7 Å². The zero-order valence-electron chi connectivity index (χ0n) is 23.3. The summed E-state index contributed by atoms with van der Waals surface area (Å²) in [6, 6.07) is 27.6. The van der Waals surface area contributed by atoms with E-state index < -0.39 is 0 Å². The van der Waals surface area contributed by atoms with Crippen LogP contribution in [0.4, 0.5) is 0 Å². The van der Waals surface area contributed by atoms with Crippen molar-refractivity contribution >= 4 is 5.97 Å². The molecule has 0 saturated carbocycles. The van der Waals surface area contributed by atoms with Crippen LogP contribution in [0.3, 0.4) is 0 Å². The minimum atomic E-state index is -0.234. The average Bonchev–Trinajstić information content (AvgIpc) is 3.58. The van der Waals surface area contributed by atoms with Crippen LogP contribution in [-0.2, 0) is 35.7 Å². The standard InChI is InChI=1S/C33H33N3O5/c1-3-38-31(37)19-16-28-21-36(35-33(28)40-22-26-10-6-4-7-11-26)20-25-14-17-29(18-15-25)39-23-30-24(2)41-32(34-30)27-12-8-5-9-13-27/h4-15,17-18,21H,3,16,19-20,22-23H2,1-2H3. The van der Waals surface area contributed by atoms with Crippen molar-refractivity contribution < 1.29 is 23.4 Å². The number of hydrogen-bond acceptors (Lipinski definition) is 7. The summed E-state index contributed by atoms with van der Waals surface area (Å²) in [5.74, 6) is 2.35. The van der Waals surface area contributed by atoms with Crippen molar-refractivity contribution in [3.05, 3.63) is 119 Å². The van der Waals surface area contributed by atoms with Gasteiger partial charge in [-0.2, -0.15) is 0 Å². The highest BCUT2D eigenvalue weighted by molar-refractivity contribution is 5.69. The fourth-order valence-corrected chi connectivity index (χ4v) is 4.31. The summed E-state index contributed by atoms with van der Waals surface area (Å²) in [5.41, 5.74) is 4.67. The van der Waals surface area contributed by atoms with Crippen molar-refractivity contribution in [1.29, 1.82) is 0 Å². The number of carbonyl (C=O) groups excluding carboxylic acids is 1. The maximum absolute atomic E-state index is 12.0. The summed E-state index contributed by atoms with van der Waals surface area (Å²) < 4.78 is 24.8. The van der Waals surface area contributed by atoms with E-state index in [0.29, 0.717) is 44.6 Å². The molecule has 0 atom stereocenters. The third kappa shape index (κ3) is 7.63. The molecule has 0 aliphatic heterocycles. The lowest BCUT2D eigenvalue weighted by Gasteiger charge is -2.07. The number of aryl methyl sites for hydroxylation is 2. The lowest BCUT2D eigenvalue weighted by atomic mass is 10.2. The van der Waals surface area contributed by atoms with Crippen molar-refractivity contribution in [2.75, 3.05) is 6.61 Å². The van der Waals surface area contributed by atoms with Gasteiger partial charge in [0.1, 0.15) is 30.4 Å². The van der Waals surface area contributed by atoms with Crippen molar-refractivity contribution in [3.63, 3.8) is 0 Å². The van der Waals surface area contributed by atoms with E-state index in [4.69, 9.17) is 18.6 Å². The second-order valence-corrected chi connectivity index (χ2v) is 9.56. The maximum Gasteiger partial charge on any atom is 0.306 e. The molecule has 210 valence electrons. The molecule has 8 nitrogen and oxygen atoms in total. The predicted molar refractivity (Wildman–Crippen MR) is 155 cm³/mol. The molecule has 0 radical (unpaired) electrons. The van der Waals surface area contributed by atoms with Crippen LogP contribution in [0.2, 0.25) is 0 Å². The summed E-state index contributed by atoms with van der Waals surface area (Å²) in [7, 11) is 0. The SMILES string of the molecule is CCOC(=O)CCc1cn(Cc2ccc(OCc3nc(-c4ccccc4)oc3C)cc2)nc1OCc1ccccc1. The molecule has 0 spiro atoms. The smallest absolute Gasteiger partial charge is 0.306 e.